The first-order chi connectivity index (χ1) is 15.0. The van der Waals surface area contributed by atoms with Crippen molar-refractivity contribution in [2.24, 2.45) is 0 Å². The highest BCUT2D eigenvalue weighted by Gasteiger charge is 2.32. The molecule has 1 aliphatic heterocycles. The maximum absolute atomic E-state index is 13.1. The normalized spacial score (nSPS) is 12.9. The molecular formula is C23H22ClN3O4. The van der Waals surface area contributed by atoms with Crippen molar-refractivity contribution in [3.05, 3.63) is 76.1 Å². The third-order valence-corrected chi connectivity index (χ3v) is 5.56. The van der Waals surface area contributed by atoms with Crippen LogP contribution in [0.15, 0.2) is 48.5 Å². The Labute approximate surface area is 185 Å². The summed E-state index contributed by atoms with van der Waals surface area (Å²) in [6.07, 6.45) is 0.546. The molecule has 3 aromatic rings. The zero-order chi connectivity index (χ0) is 22.0. The molecule has 31 heavy (non-hydrogen) atoms. The molecule has 0 spiro atoms. The molecule has 0 N–H and O–H groups in total. The minimum atomic E-state index is -0.502. The molecule has 0 bridgehead atoms. The van der Waals surface area contributed by atoms with Crippen molar-refractivity contribution < 1.29 is 19.1 Å². The predicted octanol–water partition coefficient (Wildman–Crippen LogP) is 3.91. The van der Waals surface area contributed by atoms with Gasteiger partial charge in [-0.05, 0) is 43.3 Å². The molecule has 1 amide bonds. The zero-order valence-corrected chi connectivity index (χ0v) is 18.1. The van der Waals surface area contributed by atoms with Crippen LogP contribution in [0.5, 0.6) is 5.75 Å². The molecule has 2 heterocycles. The zero-order valence-electron chi connectivity index (χ0n) is 17.3. The second kappa shape index (κ2) is 8.81. The third-order valence-electron chi connectivity index (χ3n) is 5.23. The quantitative estimate of drug-likeness (QED) is 0.563. The fourth-order valence-corrected chi connectivity index (χ4v) is 3.91. The molecule has 0 radical (unpaired) electrons. The standard InChI is InChI=1S/C23H22ClN3O4/c1-3-31-23(29)21-18-14-26(22(28)17-6-4-5-7-19(17)24)13-12-20(18)27(25-21)15-8-10-16(30-2)11-9-15/h4-11H,3,12-14H2,1-2H3. The Kier molecular flexibility index (Phi) is 5.95. The summed E-state index contributed by atoms with van der Waals surface area (Å²) in [5.41, 5.74) is 3.05. The molecule has 2 aromatic carbocycles. The van der Waals surface area contributed by atoms with Gasteiger partial charge in [0.2, 0.25) is 0 Å². The highest BCUT2D eigenvalue weighted by molar-refractivity contribution is 6.33. The average molecular weight is 440 g/mol. The Morgan fingerprint density at radius 2 is 1.87 bits per heavy atom. The van der Waals surface area contributed by atoms with Crippen LogP contribution in [0.1, 0.15) is 39.0 Å². The Bertz CT molecular complexity index is 1120. The van der Waals surface area contributed by atoms with Gasteiger partial charge in [-0.3, -0.25) is 4.79 Å². The molecule has 4 rings (SSSR count). The first-order valence-corrected chi connectivity index (χ1v) is 10.4. The summed E-state index contributed by atoms with van der Waals surface area (Å²) in [7, 11) is 1.61. The van der Waals surface area contributed by atoms with Gasteiger partial charge < -0.3 is 14.4 Å². The summed E-state index contributed by atoms with van der Waals surface area (Å²) < 4.78 is 12.2. The van der Waals surface area contributed by atoms with Crippen molar-refractivity contribution in [3.8, 4) is 11.4 Å². The number of hydrogen-bond acceptors (Lipinski definition) is 5. The van der Waals surface area contributed by atoms with E-state index in [1.54, 1.807) is 47.9 Å². The number of fused-ring (bicyclic) bond motifs is 1. The number of aromatic nitrogens is 2. The van der Waals surface area contributed by atoms with Gasteiger partial charge in [0.1, 0.15) is 5.75 Å². The van der Waals surface area contributed by atoms with Crippen LogP contribution in [-0.4, -0.2) is 46.8 Å². The van der Waals surface area contributed by atoms with E-state index >= 15 is 0 Å². The van der Waals surface area contributed by atoms with Crippen LogP contribution >= 0.6 is 11.6 Å². The van der Waals surface area contributed by atoms with Gasteiger partial charge in [-0.1, -0.05) is 23.7 Å². The number of carbonyl (C=O) groups excluding carboxylic acids is 2. The van der Waals surface area contributed by atoms with Gasteiger partial charge in [-0.2, -0.15) is 5.10 Å². The summed E-state index contributed by atoms with van der Waals surface area (Å²) in [5, 5.41) is 4.96. The third kappa shape index (κ3) is 4.01. The lowest BCUT2D eigenvalue weighted by Crippen LogP contribution is -2.37. The Morgan fingerprint density at radius 3 is 2.55 bits per heavy atom. The molecule has 0 saturated heterocycles. The molecule has 0 unspecified atom stereocenters. The fourth-order valence-electron chi connectivity index (χ4n) is 3.70. The van der Waals surface area contributed by atoms with E-state index in [-0.39, 0.29) is 24.8 Å². The van der Waals surface area contributed by atoms with E-state index in [1.165, 1.54) is 0 Å². The van der Waals surface area contributed by atoms with Crippen molar-refractivity contribution >= 4 is 23.5 Å². The van der Waals surface area contributed by atoms with Crippen molar-refractivity contribution in [3.63, 3.8) is 0 Å². The number of ether oxygens (including phenoxy) is 2. The van der Waals surface area contributed by atoms with Crippen LogP contribution in [-0.2, 0) is 17.7 Å². The second-order valence-electron chi connectivity index (χ2n) is 7.06. The molecule has 0 saturated carbocycles. The summed E-state index contributed by atoms with van der Waals surface area (Å²) in [6.45, 7) is 2.73. The summed E-state index contributed by atoms with van der Waals surface area (Å²) in [4.78, 5) is 27.4. The Hall–Kier alpha value is -3.32. The van der Waals surface area contributed by atoms with Gasteiger partial charge in [0.25, 0.3) is 5.91 Å². The van der Waals surface area contributed by atoms with Crippen molar-refractivity contribution in [1.29, 1.82) is 0 Å². The van der Waals surface area contributed by atoms with Gasteiger partial charge in [-0.15, -0.1) is 0 Å². The van der Waals surface area contributed by atoms with Crippen LogP contribution < -0.4 is 4.74 Å². The predicted molar refractivity (Wildman–Crippen MR) is 116 cm³/mol. The molecular weight excluding hydrogens is 418 g/mol. The van der Waals surface area contributed by atoms with Crippen LogP contribution in [0.25, 0.3) is 5.69 Å². The number of carbonyl (C=O) groups is 2. The number of amides is 1. The molecule has 7 nitrogen and oxygen atoms in total. The van der Waals surface area contributed by atoms with Crippen molar-refractivity contribution in [2.45, 2.75) is 19.9 Å². The molecule has 1 aromatic heterocycles. The lowest BCUT2D eigenvalue weighted by molar-refractivity contribution is 0.0513. The summed E-state index contributed by atoms with van der Waals surface area (Å²) in [5.74, 6) is 0.0493. The smallest absolute Gasteiger partial charge is 0.359 e. The van der Waals surface area contributed by atoms with Gasteiger partial charge in [0.05, 0.1) is 42.2 Å². The maximum Gasteiger partial charge on any atom is 0.359 e. The largest absolute Gasteiger partial charge is 0.497 e. The number of halogens is 1. The lowest BCUT2D eigenvalue weighted by Gasteiger charge is -2.28. The fraction of sp³-hybridized carbons (Fsp3) is 0.261. The van der Waals surface area contributed by atoms with Gasteiger partial charge in [0.15, 0.2) is 5.69 Å². The molecule has 0 atom stereocenters. The topological polar surface area (TPSA) is 73.7 Å². The SMILES string of the molecule is CCOC(=O)c1nn(-c2ccc(OC)cc2)c2c1CN(C(=O)c1ccccc1Cl)CC2. The van der Waals surface area contributed by atoms with Crippen LogP contribution in [0.3, 0.4) is 0 Å². The number of benzene rings is 2. The van der Waals surface area contributed by atoms with Crippen LogP contribution in [0.4, 0.5) is 0 Å². The van der Waals surface area contributed by atoms with E-state index < -0.39 is 5.97 Å². The first kappa shape index (κ1) is 20.9. The summed E-state index contributed by atoms with van der Waals surface area (Å²) in [6, 6.07) is 14.4. The number of rotatable bonds is 5. The minimum Gasteiger partial charge on any atom is -0.497 e. The monoisotopic (exact) mass is 439 g/mol. The molecule has 8 heteroatoms. The minimum absolute atomic E-state index is 0.178. The molecule has 1 aliphatic rings. The van der Waals surface area contributed by atoms with E-state index in [2.05, 4.69) is 5.10 Å². The number of nitrogens with zero attached hydrogens (tertiary/aromatic N) is 3. The number of hydrogen-bond donors (Lipinski definition) is 0. The van der Waals surface area contributed by atoms with E-state index in [0.717, 1.165) is 17.1 Å². The Balaban J connectivity index is 1.72. The van der Waals surface area contributed by atoms with Gasteiger partial charge >= 0.3 is 5.97 Å². The second-order valence-corrected chi connectivity index (χ2v) is 7.47. The number of esters is 1. The molecule has 160 valence electrons. The van der Waals surface area contributed by atoms with E-state index in [1.807, 2.05) is 24.3 Å². The van der Waals surface area contributed by atoms with Crippen LogP contribution in [0.2, 0.25) is 5.02 Å². The van der Waals surface area contributed by atoms with E-state index in [0.29, 0.717) is 29.1 Å². The van der Waals surface area contributed by atoms with E-state index in [9.17, 15) is 9.59 Å². The highest BCUT2D eigenvalue weighted by Crippen LogP contribution is 2.28. The van der Waals surface area contributed by atoms with Gasteiger partial charge in [0, 0.05) is 18.5 Å². The van der Waals surface area contributed by atoms with Gasteiger partial charge in [-0.25, -0.2) is 9.48 Å². The Morgan fingerprint density at radius 1 is 1.13 bits per heavy atom. The maximum atomic E-state index is 13.1. The average Bonchev–Trinajstić information content (AvgIpc) is 3.18. The molecule has 0 aliphatic carbocycles. The highest BCUT2D eigenvalue weighted by atomic mass is 35.5. The lowest BCUT2D eigenvalue weighted by atomic mass is 10.0. The first-order valence-electron chi connectivity index (χ1n) is 9.99. The molecule has 0 fully saturated rings. The van der Waals surface area contributed by atoms with Crippen molar-refractivity contribution in [2.75, 3.05) is 20.3 Å². The van der Waals surface area contributed by atoms with Crippen molar-refractivity contribution in [1.82, 2.24) is 14.7 Å². The van der Waals surface area contributed by atoms with E-state index in [4.69, 9.17) is 21.1 Å². The summed E-state index contributed by atoms with van der Waals surface area (Å²) >= 11 is 6.22. The number of methoxy groups -OCH3 is 1. The van der Waals surface area contributed by atoms with Crippen LogP contribution in [0, 0.1) is 0 Å².